The van der Waals surface area contributed by atoms with Crippen molar-refractivity contribution in [2.24, 2.45) is 0 Å². The number of aliphatic hydroxyl groups excluding tert-OH is 1. The summed E-state index contributed by atoms with van der Waals surface area (Å²) in [6.45, 7) is 1.28. The molecule has 0 spiro atoms. The second kappa shape index (κ2) is 5.43. The highest BCUT2D eigenvalue weighted by molar-refractivity contribution is 7.94. The average Bonchev–Trinajstić information content (AvgIpc) is 1.47. The molecule has 0 aliphatic carbocycles. The van der Waals surface area contributed by atoms with Crippen molar-refractivity contribution in [2.45, 2.75) is 13.2 Å². The van der Waals surface area contributed by atoms with Crippen LogP contribution in [0.15, 0.2) is 0 Å². The molecule has 0 aromatic heterocycles. The van der Waals surface area contributed by atoms with Gasteiger partial charge in [-0.1, -0.05) is 0 Å². The monoisotopic (exact) mass is 240 g/mol. The van der Waals surface area contributed by atoms with Gasteiger partial charge in [0.1, 0.15) is 6.29 Å². The highest BCUT2D eigenvalue weighted by Crippen LogP contribution is 1.91. The molecular weight excluding hydrogens is 232 g/mol. The summed E-state index contributed by atoms with van der Waals surface area (Å²) in [6.07, 6.45) is -1.17. The average molecular weight is 240 g/mol. The minimum absolute atomic E-state index is 1.17. The van der Waals surface area contributed by atoms with Gasteiger partial charge < -0.3 is 10.2 Å². The Morgan fingerprint density at radius 2 is 1.15 bits per heavy atom. The molecule has 0 atom stereocenters. The van der Waals surface area contributed by atoms with Gasteiger partial charge in [-0.3, -0.25) is 9.11 Å². The van der Waals surface area contributed by atoms with Crippen LogP contribution < -0.4 is 0 Å². The molecule has 0 bridgehead atoms. The summed E-state index contributed by atoms with van der Waals surface area (Å²) >= 11 is 0. The van der Waals surface area contributed by atoms with Gasteiger partial charge in [0.25, 0.3) is 0 Å². The summed E-state index contributed by atoms with van der Waals surface area (Å²) in [4.78, 5) is 0. The topological polar surface area (TPSA) is 158 Å². The summed E-state index contributed by atoms with van der Waals surface area (Å²) in [7, 11) is -10.2. The van der Waals surface area contributed by atoms with Crippen LogP contribution in [0.1, 0.15) is 6.92 Å². The van der Waals surface area contributed by atoms with Gasteiger partial charge in [-0.2, -0.15) is 16.8 Å². The molecule has 13 heavy (non-hydrogen) atoms. The Balaban J connectivity index is 0. The maximum Gasteiger partial charge on any atom is 0.413 e. The third-order valence-corrected chi connectivity index (χ3v) is 1.55. The Bertz CT molecular complexity index is 275. The molecule has 0 unspecified atom stereocenters. The predicted octanol–water partition coefficient (Wildman–Crippen LogP) is -2.07. The Morgan fingerprint density at radius 1 is 1.00 bits per heavy atom. The van der Waals surface area contributed by atoms with E-state index in [1.54, 1.807) is 0 Å². The van der Waals surface area contributed by atoms with Crippen molar-refractivity contribution in [3.8, 4) is 0 Å². The van der Waals surface area contributed by atoms with Crippen molar-refractivity contribution in [3.63, 3.8) is 0 Å². The zero-order valence-corrected chi connectivity index (χ0v) is 7.86. The molecule has 0 saturated carbocycles. The van der Waals surface area contributed by atoms with E-state index in [1.165, 1.54) is 6.92 Å². The molecule has 9 nitrogen and oxygen atoms in total. The van der Waals surface area contributed by atoms with E-state index < -0.39 is 27.1 Å². The van der Waals surface area contributed by atoms with Crippen LogP contribution in [0.5, 0.6) is 0 Å². The fraction of sp³-hybridized carbons (Fsp3) is 1.00. The van der Waals surface area contributed by atoms with E-state index in [9.17, 15) is 16.8 Å². The highest BCUT2D eigenvalue weighted by Gasteiger charge is 2.15. The molecule has 0 aliphatic rings. The second-order valence-corrected chi connectivity index (χ2v) is 3.81. The zero-order chi connectivity index (χ0) is 11.3. The van der Waals surface area contributed by atoms with Crippen molar-refractivity contribution in [3.05, 3.63) is 0 Å². The van der Waals surface area contributed by atoms with E-state index in [4.69, 9.17) is 19.3 Å². The van der Waals surface area contributed by atoms with Gasteiger partial charge in [-0.25, -0.2) is 0 Å². The minimum atomic E-state index is -5.12. The normalized spacial score (nSPS) is 12.2. The van der Waals surface area contributed by atoms with Crippen molar-refractivity contribution >= 4 is 20.8 Å². The molecule has 0 aromatic carbocycles. The first kappa shape index (κ1) is 15.2. The summed E-state index contributed by atoms with van der Waals surface area (Å²) in [5.74, 6) is 0. The van der Waals surface area contributed by atoms with Gasteiger partial charge in [0.05, 0.1) is 0 Å². The largest absolute Gasteiger partial charge is 0.413 e. The Hall–Kier alpha value is -0.300. The summed E-state index contributed by atoms with van der Waals surface area (Å²) in [6, 6.07) is 0. The summed E-state index contributed by atoms with van der Waals surface area (Å²) < 4.78 is 55.6. The number of hydrogen-bond acceptors (Lipinski definition) is 7. The lowest BCUT2D eigenvalue weighted by Gasteiger charge is -1.89. The van der Waals surface area contributed by atoms with Gasteiger partial charge in [-0.15, -0.1) is 3.63 Å². The first-order valence-corrected chi connectivity index (χ1v) is 5.19. The van der Waals surface area contributed by atoms with Crippen LogP contribution in [0, 0.1) is 0 Å². The number of rotatable bonds is 2. The third kappa shape index (κ3) is 33.9. The second-order valence-electron chi connectivity index (χ2n) is 1.56. The lowest BCUT2D eigenvalue weighted by molar-refractivity contribution is -0.0228. The van der Waals surface area contributed by atoms with E-state index in [1.807, 2.05) is 0 Å². The molecule has 11 heteroatoms. The van der Waals surface area contributed by atoms with Crippen molar-refractivity contribution in [1.82, 2.24) is 0 Å². The van der Waals surface area contributed by atoms with Gasteiger partial charge >= 0.3 is 20.8 Å². The Labute approximate surface area is 74.5 Å². The van der Waals surface area contributed by atoms with Crippen LogP contribution in [-0.4, -0.2) is 42.4 Å². The van der Waals surface area contributed by atoms with Gasteiger partial charge in [0.2, 0.25) is 0 Å². The van der Waals surface area contributed by atoms with E-state index in [-0.39, 0.29) is 0 Å². The van der Waals surface area contributed by atoms with E-state index in [0.29, 0.717) is 0 Å². The van der Waals surface area contributed by atoms with Crippen LogP contribution >= 0.6 is 0 Å². The predicted molar refractivity (Wildman–Crippen MR) is 38.1 cm³/mol. The molecule has 0 amide bonds. The lowest BCUT2D eigenvalue weighted by Crippen LogP contribution is -2.10. The Morgan fingerprint density at radius 3 is 1.15 bits per heavy atom. The van der Waals surface area contributed by atoms with E-state index >= 15 is 0 Å². The van der Waals surface area contributed by atoms with Crippen LogP contribution in [0.25, 0.3) is 0 Å². The van der Waals surface area contributed by atoms with Gasteiger partial charge in [0.15, 0.2) is 0 Å². The smallest absolute Gasteiger partial charge is 0.368 e. The molecule has 0 rings (SSSR count). The zero-order valence-electron chi connectivity index (χ0n) is 6.22. The highest BCUT2D eigenvalue weighted by atomic mass is 32.3. The molecule has 0 heterocycles. The molecule has 0 fully saturated rings. The lowest BCUT2D eigenvalue weighted by atomic mass is 10.8. The van der Waals surface area contributed by atoms with Crippen LogP contribution in [0.2, 0.25) is 0 Å². The van der Waals surface area contributed by atoms with Crippen LogP contribution in [0.3, 0.4) is 0 Å². The first-order chi connectivity index (χ1) is 5.44. The van der Waals surface area contributed by atoms with Crippen molar-refractivity contribution < 1.29 is 39.8 Å². The maximum atomic E-state index is 9.44. The molecular formula is C2H8O9S2. The fourth-order valence-electron chi connectivity index (χ4n) is 0.109. The van der Waals surface area contributed by atoms with Crippen molar-refractivity contribution in [2.75, 3.05) is 0 Å². The summed E-state index contributed by atoms with van der Waals surface area (Å²) in [5.41, 5.74) is 0. The maximum absolute atomic E-state index is 9.44. The first-order valence-electron chi connectivity index (χ1n) is 2.46. The number of hydrogen-bond donors (Lipinski definition) is 4. The number of aliphatic hydroxyl groups is 2. The fourth-order valence-corrected chi connectivity index (χ4v) is 0.978. The molecule has 4 N–H and O–H groups in total. The van der Waals surface area contributed by atoms with Crippen LogP contribution in [0.4, 0.5) is 0 Å². The molecule has 0 radical (unpaired) electrons. The minimum Gasteiger partial charge on any atom is -0.368 e. The van der Waals surface area contributed by atoms with E-state index in [2.05, 4.69) is 3.63 Å². The quantitative estimate of drug-likeness (QED) is 0.314. The standard InChI is InChI=1S/C2H6O2.H2O7S2/c1-2(3)4;1-8(2,3)7-9(4,5)6/h2-4H,1H3;(H,1,2,3)(H,4,5,6). The third-order valence-electron chi connectivity index (χ3n) is 0.172. The molecule has 0 aliphatic heterocycles. The van der Waals surface area contributed by atoms with Gasteiger partial charge in [0, 0.05) is 0 Å². The summed E-state index contributed by atoms with van der Waals surface area (Å²) in [5, 5.41) is 15.2. The van der Waals surface area contributed by atoms with Crippen LogP contribution in [-0.2, 0) is 24.4 Å². The Kier molecular flexibility index (Phi) is 6.35. The van der Waals surface area contributed by atoms with Gasteiger partial charge in [-0.05, 0) is 6.92 Å². The molecule has 0 aromatic rings. The molecule has 82 valence electrons. The van der Waals surface area contributed by atoms with Crippen molar-refractivity contribution in [1.29, 1.82) is 0 Å². The van der Waals surface area contributed by atoms with E-state index in [0.717, 1.165) is 0 Å². The SMILES string of the molecule is CC(O)O.O=S(=O)(O)OS(=O)(=O)O. The molecule has 0 saturated heterocycles.